The average Bonchev–Trinajstić information content (AvgIpc) is 2.25. The van der Waals surface area contributed by atoms with Gasteiger partial charge in [0, 0.05) is 0 Å². The normalized spacial score (nSPS) is 42.8. The topological polar surface area (TPSA) is 0 Å². The molecule has 0 aliphatic heterocycles. The second-order valence-electron chi connectivity index (χ2n) is 6.08. The second kappa shape index (κ2) is 5.93. The van der Waals surface area contributed by atoms with Crippen molar-refractivity contribution < 1.29 is 0 Å². The number of hydrogen-bond donors (Lipinski definition) is 0. The van der Waals surface area contributed by atoms with E-state index in [1.54, 1.807) is 51.4 Å². The van der Waals surface area contributed by atoms with Crippen molar-refractivity contribution in [2.24, 2.45) is 11.8 Å². The van der Waals surface area contributed by atoms with E-state index >= 15 is 0 Å². The van der Waals surface area contributed by atoms with Gasteiger partial charge in [-0.15, -0.1) is 0 Å². The zero-order chi connectivity index (χ0) is 10.7. The molecule has 0 amide bonds. The van der Waals surface area contributed by atoms with Crippen molar-refractivity contribution in [1.29, 1.82) is 0 Å². The Bertz CT molecular complexity index is 154. The van der Waals surface area contributed by atoms with Crippen molar-refractivity contribution in [2.75, 3.05) is 0 Å². The minimum atomic E-state index is -0.0155. The summed E-state index contributed by atoms with van der Waals surface area (Å²) in [5.74, 6) is 2.10. The van der Waals surface area contributed by atoms with E-state index in [1.165, 1.54) is 7.87 Å². The average molecular weight is 313 g/mol. The third-order valence-electron chi connectivity index (χ3n) is 4.50. The molecule has 2 fully saturated rings. The Balaban J connectivity index is 1.68. The fourth-order valence-electron chi connectivity index (χ4n) is 3.19. The summed E-state index contributed by atoms with van der Waals surface area (Å²) >= 11 is -0.0155. The summed E-state index contributed by atoms with van der Waals surface area (Å²) in [6.07, 6.45) is 12.6. The first-order valence-corrected chi connectivity index (χ1v) is 10.3. The minimum absolute atomic E-state index is 0.0155. The van der Waals surface area contributed by atoms with Gasteiger partial charge in [-0.05, 0) is 0 Å². The van der Waals surface area contributed by atoms with Crippen LogP contribution < -0.4 is 0 Å². The zero-order valence-corrected chi connectivity index (χ0v) is 13.3. The van der Waals surface area contributed by atoms with E-state index < -0.39 is 0 Å². The summed E-state index contributed by atoms with van der Waals surface area (Å²) in [5.41, 5.74) is 0. The van der Waals surface area contributed by atoms with Crippen LogP contribution in [0.3, 0.4) is 0 Å². The van der Waals surface area contributed by atoms with Crippen molar-refractivity contribution in [3.05, 3.63) is 0 Å². The molecular weight excluding hydrogens is 287 g/mol. The first-order chi connectivity index (χ1) is 7.24. The Morgan fingerprint density at radius 2 is 0.933 bits per heavy atom. The molecule has 2 radical (unpaired) electrons. The SMILES string of the molecule is CC1CC[CH]([Sn][CH]2CCC(C)CC2)CC1. The first kappa shape index (κ1) is 12.3. The van der Waals surface area contributed by atoms with Crippen LogP contribution in [0.4, 0.5) is 0 Å². The van der Waals surface area contributed by atoms with Crippen LogP contribution in [0.2, 0.25) is 7.87 Å². The van der Waals surface area contributed by atoms with Gasteiger partial charge in [0.25, 0.3) is 0 Å². The van der Waals surface area contributed by atoms with Crippen LogP contribution in [0, 0.1) is 11.8 Å². The van der Waals surface area contributed by atoms with E-state index in [0.29, 0.717) is 0 Å². The molecule has 0 aromatic heterocycles. The van der Waals surface area contributed by atoms with E-state index in [2.05, 4.69) is 13.8 Å². The molecule has 2 aliphatic carbocycles. The molecule has 0 N–H and O–H groups in total. The molecule has 2 rings (SSSR count). The number of hydrogen-bond acceptors (Lipinski definition) is 0. The summed E-state index contributed by atoms with van der Waals surface area (Å²) in [4.78, 5) is 0. The molecule has 2 saturated carbocycles. The van der Waals surface area contributed by atoms with E-state index in [4.69, 9.17) is 0 Å². The Hall–Kier alpha value is 0.799. The molecule has 2 aliphatic rings. The number of rotatable bonds is 2. The van der Waals surface area contributed by atoms with Crippen LogP contribution in [0.15, 0.2) is 0 Å². The van der Waals surface area contributed by atoms with E-state index in [-0.39, 0.29) is 21.1 Å². The van der Waals surface area contributed by atoms with Crippen molar-refractivity contribution in [3.63, 3.8) is 0 Å². The molecule has 0 atom stereocenters. The summed E-state index contributed by atoms with van der Waals surface area (Å²) in [6.45, 7) is 4.90. The van der Waals surface area contributed by atoms with Gasteiger partial charge in [0.15, 0.2) is 0 Å². The maximum atomic E-state index is 2.45. The molecule has 15 heavy (non-hydrogen) atoms. The molecule has 0 saturated heterocycles. The molecule has 0 aromatic rings. The predicted molar refractivity (Wildman–Crippen MR) is 68.5 cm³/mol. The van der Waals surface area contributed by atoms with Crippen LogP contribution >= 0.6 is 0 Å². The summed E-state index contributed by atoms with van der Waals surface area (Å²) in [6, 6.07) is 0. The molecule has 0 bridgehead atoms. The van der Waals surface area contributed by atoms with Gasteiger partial charge in [-0.25, -0.2) is 0 Å². The maximum absolute atomic E-state index is 2.45. The van der Waals surface area contributed by atoms with E-state index in [1.807, 2.05) is 0 Å². The fraction of sp³-hybridized carbons (Fsp3) is 1.00. The van der Waals surface area contributed by atoms with Crippen LogP contribution in [0.5, 0.6) is 0 Å². The molecular formula is C14H26Sn. The van der Waals surface area contributed by atoms with Crippen molar-refractivity contribution >= 4 is 21.1 Å². The molecule has 0 heterocycles. The van der Waals surface area contributed by atoms with Gasteiger partial charge in [-0.2, -0.15) is 0 Å². The van der Waals surface area contributed by atoms with Gasteiger partial charge in [0.1, 0.15) is 0 Å². The summed E-state index contributed by atoms with van der Waals surface area (Å²) < 4.78 is 2.53. The van der Waals surface area contributed by atoms with E-state index in [9.17, 15) is 0 Å². The van der Waals surface area contributed by atoms with Gasteiger partial charge in [-0.1, -0.05) is 0 Å². The van der Waals surface area contributed by atoms with Crippen LogP contribution in [0.1, 0.15) is 65.2 Å². The second-order valence-corrected chi connectivity index (χ2v) is 11.7. The Morgan fingerprint density at radius 3 is 1.27 bits per heavy atom. The van der Waals surface area contributed by atoms with Gasteiger partial charge in [0.2, 0.25) is 0 Å². The van der Waals surface area contributed by atoms with Gasteiger partial charge >= 0.3 is 106 Å². The quantitative estimate of drug-likeness (QED) is 0.649. The molecule has 86 valence electrons. The monoisotopic (exact) mass is 314 g/mol. The summed E-state index contributed by atoms with van der Waals surface area (Å²) in [7, 11) is 0. The Morgan fingerprint density at radius 1 is 0.600 bits per heavy atom. The van der Waals surface area contributed by atoms with Crippen molar-refractivity contribution in [3.8, 4) is 0 Å². The standard InChI is InChI=1S/2C7H13.Sn/c2*1-7-5-3-2-4-6-7;/h2*2,7H,3-6H2,1H3;. The Labute approximate surface area is 106 Å². The van der Waals surface area contributed by atoms with Crippen LogP contribution in [-0.4, -0.2) is 21.1 Å². The third kappa shape index (κ3) is 3.94. The zero-order valence-electron chi connectivity index (χ0n) is 10.5. The third-order valence-corrected chi connectivity index (χ3v) is 10.5. The van der Waals surface area contributed by atoms with Gasteiger partial charge in [-0.3, -0.25) is 0 Å². The van der Waals surface area contributed by atoms with Crippen molar-refractivity contribution in [2.45, 2.75) is 73.1 Å². The van der Waals surface area contributed by atoms with Gasteiger partial charge in [0.05, 0.1) is 0 Å². The Kier molecular flexibility index (Phi) is 4.85. The predicted octanol–water partition coefficient (Wildman–Crippen LogP) is 4.69. The fourth-order valence-corrected chi connectivity index (χ4v) is 8.90. The van der Waals surface area contributed by atoms with E-state index in [0.717, 1.165) is 11.8 Å². The molecule has 0 aromatic carbocycles. The molecule has 0 unspecified atom stereocenters. The summed E-state index contributed by atoms with van der Waals surface area (Å²) in [5, 5.41) is 0. The van der Waals surface area contributed by atoms with Crippen molar-refractivity contribution in [1.82, 2.24) is 0 Å². The van der Waals surface area contributed by atoms with Crippen LogP contribution in [0.25, 0.3) is 0 Å². The first-order valence-electron chi connectivity index (χ1n) is 7.00. The van der Waals surface area contributed by atoms with Crippen LogP contribution in [-0.2, 0) is 0 Å². The molecule has 0 spiro atoms. The van der Waals surface area contributed by atoms with Gasteiger partial charge < -0.3 is 0 Å². The molecule has 0 nitrogen and oxygen atoms in total. The molecule has 1 heteroatoms.